The summed E-state index contributed by atoms with van der Waals surface area (Å²) in [5, 5.41) is 3.60. The van der Waals surface area contributed by atoms with E-state index in [4.69, 9.17) is 9.97 Å². The van der Waals surface area contributed by atoms with E-state index < -0.39 is 0 Å². The van der Waals surface area contributed by atoms with Gasteiger partial charge in [0.2, 0.25) is 0 Å². The molecule has 1 aromatic heterocycles. The average molecular weight is 300 g/mol. The lowest BCUT2D eigenvalue weighted by Gasteiger charge is -2.36. The Kier molecular flexibility index (Phi) is 4.39. The third-order valence-electron chi connectivity index (χ3n) is 5.81. The van der Waals surface area contributed by atoms with Crippen molar-refractivity contribution in [1.29, 1.82) is 0 Å². The van der Waals surface area contributed by atoms with Crippen LogP contribution in [0, 0.1) is 5.92 Å². The fourth-order valence-corrected chi connectivity index (χ4v) is 4.48. The Hall–Kier alpha value is -1.00. The molecular formula is C18H28N4. The molecule has 4 heteroatoms. The second kappa shape index (κ2) is 6.63. The van der Waals surface area contributed by atoms with E-state index in [2.05, 4.69) is 22.6 Å². The molecule has 0 amide bonds. The van der Waals surface area contributed by atoms with Gasteiger partial charge in [-0.25, -0.2) is 9.97 Å². The van der Waals surface area contributed by atoms with Gasteiger partial charge in [-0.1, -0.05) is 19.3 Å². The first-order valence-corrected chi connectivity index (χ1v) is 9.14. The van der Waals surface area contributed by atoms with Crippen LogP contribution in [0.15, 0.2) is 12.4 Å². The van der Waals surface area contributed by atoms with Crippen molar-refractivity contribution in [2.45, 2.75) is 63.5 Å². The van der Waals surface area contributed by atoms with E-state index in [9.17, 15) is 0 Å². The van der Waals surface area contributed by atoms with Gasteiger partial charge in [-0.15, -0.1) is 0 Å². The van der Waals surface area contributed by atoms with Crippen molar-refractivity contribution in [1.82, 2.24) is 20.2 Å². The Balaban J connectivity index is 1.40. The maximum atomic E-state index is 4.70. The van der Waals surface area contributed by atoms with Crippen LogP contribution < -0.4 is 5.32 Å². The number of nitrogens with zero attached hydrogens (tertiary/aromatic N) is 3. The maximum absolute atomic E-state index is 4.70. The van der Waals surface area contributed by atoms with Crippen molar-refractivity contribution in [2.24, 2.45) is 5.92 Å². The van der Waals surface area contributed by atoms with Crippen molar-refractivity contribution in [3.63, 3.8) is 0 Å². The topological polar surface area (TPSA) is 41.1 Å². The van der Waals surface area contributed by atoms with Gasteiger partial charge in [0, 0.05) is 49.6 Å². The van der Waals surface area contributed by atoms with E-state index in [1.807, 2.05) is 0 Å². The predicted molar refractivity (Wildman–Crippen MR) is 87.6 cm³/mol. The molecule has 4 aliphatic rings. The number of piperidine rings is 1. The van der Waals surface area contributed by atoms with Crippen molar-refractivity contribution in [3.05, 3.63) is 23.8 Å². The maximum Gasteiger partial charge on any atom is 0.131 e. The van der Waals surface area contributed by atoms with Gasteiger partial charge in [0.25, 0.3) is 0 Å². The number of hydrogen-bond donors (Lipinski definition) is 1. The highest BCUT2D eigenvalue weighted by molar-refractivity contribution is 5.09. The highest BCUT2D eigenvalue weighted by atomic mass is 15.2. The van der Waals surface area contributed by atoms with Crippen LogP contribution >= 0.6 is 0 Å². The Morgan fingerprint density at radius 1 is 1.00 bits per heavy atom. The number of aromatic nitrogens is 2. The van der Waals surface area contributed by atoms with Crippen molar-refractivity contribution < 1.29 is 0 Å². The lowest BCUT2D eigenvalue weighted by Crippen LogP contribution is -2.43. The predicted octanol–water partition coefficient (Wildman–Crippen LogP) is 2.71. The molecule has 4 nitrogen and oxygen atoms in total. The molecule has 120 valence electrons. The summed E-state index contributed by atoms with van der Waals surface area (Å²) in [7, 11) is 0. The van der Waals surface area contributed by atoms with Crippen LogP contribution in [0.5, 0.6) is 0 Å². The van der Waals surface area contributed by atoms with Crippen molar-refractivity contribution in [2.75, 3.05) is 19.6 Å². The Morgan fingerprint density at radius 3 is 2.64 bits per heavy atom. The molecule has 1 saturated carbocycles. The first kappa shape index (κ1) is 14.6. The summed E-state index contributed by atoms with van der Waals surface area (Å²) in [6.45, 7) is 4.61. The van der Waals surface area contributed by atoms with E-state index in [-0.39, 0.29) is 0 Å². The zero-order chi connectivity index (χ0) is 14.8. The van der Waals surface area contributed by atoms with Crippen LogP contribution in [0.25, 0.3) is 0 Å². The zero-order valence-electron chi connectivity index (χ0n) is 13.5. The summed E-state index contributed by atoms with van der Waals surface area (Å²) < 4.78 is 0. The number of hydrogen-bond acceptors (Lipinski definition) is 4. The van der Waals surface area contributed by atoms with Gasteiger partial charge < -0.3 is 5.32 Å². The Morgan fingerprint density at radius 2 is 1.82 bits per heavy atom. The van der Waals surface area contributed by atoms with E-state index in [1.54, 1.807) is 0 Å². The molecule has 3 aliphatic heterocycles. The highest BCUT2D eigenvalue weighted by Crippen LogP contribution is 2.30. The number of nitrogens with one attached hydrogen (secondary N) is 1. The van der Waals surface area contributed by atoms with E-state index >= 15 is 0 Å². The molecule has 0 spiro atoms. The van der Waals surface area contributed by atoms with Crippen LogP contribution in [-0.4, -0.2) is 40.5 Å². The summed E-state index contributed by atoms with van der Waals surface area (Å²) in [6, 6.07) is 0.705. The smallest absolute Gasteiger partial charge is 0.131 e. The van der Waals surface area contributed by atoms with E-state index in [1.165, 1.54) is 63.6 Å². The molecule has 0 radical (unpaired) electrons. The number of rotatable bonds is 3. The zero-order valence-corrected chi connectivity index (χ0v) is 13.5. The normalized spacial score (nSPS) is 30.4. The lowest BCUT2D eigenvalue weighted by molar-refractivity contribution is 0.126. The molecule has 3 saturated heterocycles. The van der Waals surface area contributed by atoms with Crippen LogP contribution in [0.4, 0.5) is 0 Å². The molecule has 0 unspecified atom stereocenters. The second-order valence-electron chi connectivity index (χ2n) is 7.47. The molecule has 5 rings (SSSR count). The second-order valence-corrected chi connectivity index (χ2v) is 7.47. The van der Waals surface area contributed by atoms with Crippen LogP contribution in [0.1, 0.15) is 62.3 Å². The van der Waals surface area contributed by atoms with Gasteiger partial charge in [0.15, 0.2) is 0 Å². The molecule has 1 aromatic rings. The molecule has 4 heterocycles. The van der Waals surface area contributed by atoms with Gasteiger partial charge in [0.05, 0.1) is 0 Å². The van der Waals surface area contributed by atoms with E-state index in [0.717, 1.165) is 24.8 Å². The third kappa shape index (κ3) is 3.18. The fraction of sp³-hybridized carbons (Fsp3) is 0.778. The van der Waals surface area contributed by atoms with Gasteiger partial charge >= 0.3 is 0 Å². The van der Waals surface area contributed by atoms with Gasteiger partial charge in [-0.05, 0) is 38.1 Å². The highest BCUT2D eigenvalue weighted by Gasteiger charge is 2.31. The quantitative estimate of drug-likeness (QED) is 0.932. The molecule has 0 aromatic carbocycles. The Labute approximate surface area is 133 Å². The first-order chi connectivity index (χ1) is 10.9. The Bertz CT molecular complexity index is 476. The SMILES string of the molecule is c1nc(C2CCCCC2)ncc1CN1C[C@@H]2CC[C@H]1CNC2. The standard InChI is InChI=1S/C18H28N4/c1-2-4-16(5-3-1)18-20-9-15(10-21-18)13-22-12-14-6-7-17(22)11-19-8-14/h9-10,14,16-17,19H,1-8,11-13H2/t14-,17+/m1/s1. The van der Waals surface area contributed by atoms with Crippen LogP contribution in [0.3, 0.4) is 0 Å². The monoisotopic (exact) mass is 300 g/mol. The summed E-state index contributed by atoms with van der Waals surface area (Å²) in [5.41, 5.74) is 1.28. The first-order valence-electron chi connectivity index (χ1n) is 9.14. The molecular weight excluding hydrogens is 272 g/mol. The molecule has 4 fully saturated rings. The molecule has 2 atom stereocenters. The molecule has 22 heavy (non-hydrogen) atoms. The third-order valence-corrected chi connectivity index (χ3v) is 5.81. The van der Waals surface area contributed by atoms with Gasteiger partial charge in [-0.2, -0.15) is 0 Å². The fourth-order valence-electron chi connectivity index (χ4n) is 4.48. The van der Waals surface area contributed by atoms with Crippen molar-refractivity contribution >= 4 is 0 Å². The minimum atomic E-state index is 0.612. The minimum absolute atomic E-state index is 0.612. The van der Waals surface area contributed by atoms with Gasteiger partial charge in [-0.3, -0.25) is 4.90 Å². The molecule has 1 aliphatic carbocycles. The average Bonchev–Trinajstić information content (AvgIpc) is 2.92. The number of fused-ring (bicyclic) bond motifs is 4. The van der Waals surface area contributed by atoms with E-state index in [0.29, 0.717) is 12.0 Å². The summed E-state index contributed by atoms with van der Waals surface area (Å²) in [5.74, 6) is 2.53. The molecule has 2 bridgehead atoms. The minimum Gasteiger partial charge on any atom is -0.315 e. The summed E-state index contributed by atoms with van der Waals surface area (Å²) >= 11 is 0. The van der Waals surface area contributed by atoms with Crippen LogP contribution in [-0.2, 0) is 6.54 Å². The lowest BCUT2D eigenvalue weighted by atomic mass is 9.89. The summed E-state index contributed by atoms with van der Waals surface area (Å²) in [4.78, 5) is 12.0. The molecule has 1 N–H and O–H groups in total. The van der Waals surface area contributed by atoms with Crippen molar-refractivity contribution in [3.8, 4) is 0 Å². The van der Waals surface area contributed by atoms with Crippen LogP contribution in [0.2, 0.25) is 0 Å². The van der Waals surface area contributed by atoms with Gasteiger partial charge in [0.1, 0.15) is 5.82 Å². The largest absolute Gasteiger partial charge is 0.315 e. The summed E-state index contributed by atoms with van der Waals surface area (Å²) in [6.07, 6.45) is 13.6.